The lowest BCUT2D eigenvalue weighted by Crippen LogP contribution is -2.28. The number of hydrogen-bond acceptors (Lipinski definition) is 6. The fourth-order valence-corrected chi connectivity index (χ4v) is 2.40. The second kappa shape index (κ2) is 5.14. The van der Waals surface area contributed by atoms with E-state index in [9.17, 15) is 18.0 Å². The first kappa shape index (κ1) is 15.1. The molecule has 23 heavy (non-hydrogen) atoms. The van der Waals surface area contributed by atoms with Gasteiger partial charge in [0.05, 0.1) is 7.11 Å². The van der Waals surface area contributed by atoms with Crippen LogP contribution in [0, 0.1) is 5.41 Å². The summed E-state index contributed by atoms with van der Waals surface area (Å²) in [7, 11) is 1.22. The smallest absolute Gasteiger partial charge is 0.491 e. The Morgan fingerprint density at radius 2 is 2.17 bits per heavy atom. The molecule has 0 fully saturated rings. The SMILES string of the molecule is COc1c(OC(=O)C(F)(F)F)ccc2c3n(c(=N)nc12)CCN3. The number of ether oxygens (including phenoxy) is 2. The van der Waals surface area contributed by atoms with E-state index in [0.717, 1.165) is 0 Å². The number of halogens is 3. The second-order valence-electron chi connectivity index (χ2n) is 4.74. The van der Waals surface area contributed by atoms with Gasteiger partial charge in [-0.1, -0.05) is 0 Å². The largest absolute Gasteiger partial charge is 0.491 e. The average Bonchev–Trinajstić information content (AvgIpc) is 2.96. The summed E-state index contributed by atoms with van der Waals surface area (Å²) in [5, 5.41) is 11.5. The summed E-state index contributed by atoms with van der Waals surface area (Å²) in [5.74, 6) is -2.27. The van der Waals surface area contributed by atoms with Crippen molar-refractivity contribution in [1.29, 1.82) is 5.41 Å². The maximum absolute atomic E-state index is 12.4. The fraction of sp³-hybridized carbons (Fsp3) is 0.308. The predicted molar refractivity (Wildman–Crippen MR) is 72.3 cm³/mol. The van der Waals surface area contributed by atoms with Crippen LogP contribution in [0.5, 0.6) is 11.5 Å². The lowest BCUT2D eigenvalue weighted by Gasteiger charge is -2.14. The zero-order valence-electron chi connectivity index (χ0n) is 11.8. The van der Waals surface area contributed by atoms with Gasteiger partial charge in [0.1, 0.15) is 11.3 Å². The van der Waals surface area contributed by atoms with Crippen LogP contribution in [0.15, 0.2) is 12.1 Å². The van der Waals surface area contributed by atoms with Crippen molar-refractivity contribution in [1.82, 2.24) is 9.55 Å². The molecule has 0 unspecified atom stereocenters. The summed E-state index contributed by atoms with van der Waals surface area (Å²) in [6.45, 7) is 1.17. The number of fused-ring (bicyclic) bond motifs is 3. The number of carbonyl (C=O) groups is 1. The van der Waals surface area contributed by atoms with Gasteiger partial charge in [0, 0.05) is 18.5 Å². The molecule has 1 aliphatic rings. The average molecular weight is 328 g/mol. The number of methoxy groups -OCH3 is 1. The zero-order chi connectivity index (χ0) is 16.8. The highest BCUT2D eigenvalue weighted by molar-refractivity contribution is 5.96. The van der Waals surface area contributed by atoms with Gasteiger partial charge in [0.15, 0.2) is 11.5 Å². The highest BCUT2D eigenvalue weighted by atomic mass is 19.4. The molecular formula is C13H11F3N4O3. The molecule has 10 heteroatoms. The van der Waals surface area contributed by atoms with Crippen molar-refractivity contribution in [2.24, 2.45) is 0 Å². The monoisotopic (exact) mass is 328 g/mol. The van der Waals surface area contributed by atoms with Crippen LogP contribution in [0.4, 0.5) is 19.0 Å². The lowest BCUT2D eigenvalue weighted by atomic mass is 10.2. The Labute approximate surface area is 127 Å². The van der Waals surface area contributed by atoms with Crippen LogP contribution in [0.1, 0.15) is 0 Å². The van der Waals surface area contributed by atoms with Gasteiger partial charge in [-0.15, -0.1) is 0 Å². The molecule has 0 radical (unpaired) electrons. The number of benzene rings is 1. The molecule has 0 saturated heterocycles. The van der Waals surface area contributed by atoms with E-state index in [-0.39, 0.29) is 16.9 Å². The van der Waals surface area contributed by atoms with Crippen molar-refractivity contribution in [3.05, 3.63) is 17.8 Å². The number of nitrogens with zero attached hydrogens (tertiary/aromatic N) is 2. The molecule has 3 rings (SSSR count). The van der Waals surface area contributed by atoms with Crippen LogP contribution < -0.4 is 20.4 Å². The highest BCUT2D eigenvalue weighted by Crippen LogP contribution is 2.37. The van der Waals surface area contributed by atoms with Crippen molar-refractivity contribution < 1.29 is 27.4 Å². The van der Waals surface area contributed by atoms with E-state index in [1.165, 1.54) is 19.2 Å². The number of esters is 1. The number of rotatable bonds is 2. The van der Waals surface area contributed by atoms with Crippen LogP contribution in [0.25, 0.3) is 10.9 Å². The first-order valence-corrected chi connectivity index (χ1v) is 6.52. The van der Waals surface area contributed by atoms with E-state index in [4.69, 9.17) is 10.1 Å². The molecular weight excluding hydrogens is 317 g/mol. The van der Waals surface area contributed by atoms with Crippen LogP contribution in [-0.4, -0.2) is 35.4 Å². The molecule has 122 valence electrons. The summed E-state index contributed by atoms with van der Waals surface area (Å²) in [4.78, 5) is 15.1. The maximum Gasteiger partial charge on any atom is 0.491 e. The molecule has 0 atom stereocenters. The summed E-state index contributed by atoms with van der Waals surface area (Å²) in [6.07, 6.45) is -5.12. The third kappa shape index (κ3) is 2.45. The predicted octanol–water partition coefficient (Wildman–Crippen LogP) is 1.42. The minimum Gasteiger partial charge on any atom is -0.491 e. The first-order valence-electron chi connectivity index (χ1n) is 6.52. The van der Waals surface area contributed by atoms with Crippen molar-refractivity contribution >= 4 is 22.7 Å². The Hall–Kier alpha value is -2.78. The van der Waals surface area contributed by atoms with Crippen LogP contribution in [-0.2, 0) is 11.3 Å². The highest BCUT2D eigenvalue weighted by Gasteiger charge is 2.42. The molecule has 0 saturated carbocycles. The summed E-state index contributed by atoms with van der Waals surface area (Å²) in [5.41, 5.74) is 0.0701. The number of aromatic nitrogens is 2. The molecule has 2 N–H and O–H groups in total. The Kier molecular flexibility index (Phi) is 3.38. The molecule has 2 aromatic rings. The fourth-order valence-electron chi connectivity index (χ4n) is 2.40. The van der Waals surface area contributed by atoms with Crippen LogP contribution in [0.2, 0.25) is 0 Å². The van der Waals surface area contributed by atoms with E-state index in [2.05, 4.69) is 15.0 Å². The minimum absolute atomic E-state index is 0.0740. The first-order chi connectivity index (χ1) is 10.8. The number of nitrogens with one attached hydrogen (secondary N) is 2. The zero-order valence-corrected chi connectivity index (χ0v) is 11.8. The van der Waals surface area contributed by atoms with Crippen molar-refractivity contribution in [3.8, 4) is 11.5 Å². The van der Waals surface area contributed by atoms with E-state index in [0.29, 0.717) is 24.3 Å². The van der Waals surface area contributed by atoms with Gasteiger partial charge in [-0.05, 0) is 12.1 Å². The van der Waals surface area contributed by atoms with Gasteiger partial charge in [-0.2, -0.15) is 13.2 Å². The number of carbonyl (C=O) groups excluding carboxylic acids is 1. The van der Waals surface area contributed by atoms with Crippen molar-refractivity contribution in [2.75, 3.05) is 19.0 Å². The van der Waals surface area contributed by atoms with E-state index in [1.54, 1.807) is 4.57 Å². The Bertz CT molecular complexity index is 860. The van der Waals surface area contributed by atoms with Gasteiger partial charge < -0.3 is 14.8 Å². The Morgan fingerprint density at radius 1 is 1.43 bits per heavy atom. The van der Waals surface area contributed by atoms with Crippen LogP contribution >= 0.6 is 0 Å². The normalized spacial score (nSPS) is 13.6. The summed E-state index contributed by atoms with van der Waals surface area (Å²) >= 11 is 0. The molecule has 7 nitrogen and oxygen atoms in total. The molecule has 1 aromatic carbocycles. The Morgan fingerprint density at radius 3 is 2.83 bits per heavy atom. The number of alkyl halides is 3. The topological polar surface area (TPSA) is 89.2 Å². The molecule has 0 aliphatic carbocycles. The summed E-state index contributed by atoms with van der Waals surface area (Å²) < 4.78 is 48.1. The Balaban J connectivity index is 2.17. The van der Waals surface area contributed by atoms with E-state index >= 15 is 0 Å². The number of anilines is 1. The molecule has 0 bridgehead atoms. The standard InChI is InChI=1S/C13H11F3N4O3/c1-22-9-7(23-11(21)13(14,15)16)3-2-6-8(9)19-12(17)20-5-4-18-10(6)20/h2-3,17-18H,4-5H2,1H3. The molecule has 0 spiro atoms. The summed E-state index contributed by atoms with van der Waals surface area (Å²) in [6, 6.07) is 2.67. The van der Waals surface area contributed by atoms with E-state index < -0.39 is 17.9 Å². The van der Waals surface area contributed by atoms with Crippen LogP contribution in [0.3, 0.4) is 0 Å². The minimum atomic E-state index is -5.12. The van der Waals surface area contributed by atoms with Gasteiger partial charge in [0.25, 0.3) is 0 Å². The molecule has 1 aliphatic heterocycles. The van der Waals surface area contributed by atoms with E-state index in [1.807, 2.05) is 0 Å². The molecule has 2 heterocycles. The third-order valence-electron chi connectivity index (χ3n) is 3.36. The maximum atomic E-state index is 12.4. The lowest BCUT2D eigenvalue weighted by molar-refractivity contribution is -0.189. The number of hydrogen-bond donors (Lipinski definition) is 2. The van der Waals surface area contributed by atoms with Gasteiger partial charge in [0.2, 0.25) is 5.62 Å². The molecule has 1 aromatic heterocycles. The van der Waals surface area contributed by atoms with Gasteiger partial charge in [-0.25, -0.2) is 9.78 Å². The quantitative estimate of drug-likeness (QED) is 0.643. The second-order valence-corrected chi connectivity index (χ2v) is 4.74. The molecule has 0 amide bonds. The third-order valence-corrected chi connectivity index (χ3v) is 3.36. The van der Waals surface area contributed by atoms with Gasteiger partial charge >= 0.3 is 12.1 Å². The van der Waals surface area contributed by atoms with Crippen molar-refractivity contribution in [3.63, 3.8) is 0 Å². The van der Waals surface area contributed by atoms with Crippen molar-refractivity contribution in [2.45, 2.75) is 12.7 Å². The van der Waals surface area contributed by atoms with Gasteiger partial charge in [-0.3, -0.25) is 9.98 Å².